The zero-order valence-electron chi connectivity index (χ0n) is 14.9. The summed E-state index contributed by atoms with van der Waals surface area (Å²) < 4.78 is 5.76. The van der Waals surface area contributed by atoms with Gasteiger partial charge >= 0.3 is 0 Å². The third-order valence-corrected chi connectivity index (χ3v) is 3.75. The van der Waals surface area contributed by atoms with E-state index in [2.05, 4.69) is 20.8 Å². The van der Waals surface area contributed by atoms with Crippen LogP contribution in [0.2, 0.25) is 0 Å². The van der Waals surface area contributed by atoms with Gasteiger partial charge in [-0.1, -0.05) is 24.3 Å². The minimum atomic E-state index is -0.342. The number of aromatic nitrogens is 1. The van der Waals surface area contributed by atoms with Crippen LogP contribution in [0.1, 0.15) is 18.5 Å². The molecule has 1 atom stereocenters. The van der Waals surface area contributed by atoms with Gasteiger partial charge in [-0.15, -0.1) is 0 Å². The number of rotatable bonds is 7. The Labute approximate surface area is 157 Å². The van der Waals surface area contributed by atoms with Crippen LogP contribution in [0.4, 0.5) is 5.69 Å². The average Bonchev–Trinajstić information content (AvgIpc) is 2.72. The SMILES string of the molecule is CC(NNC(=O)C=Nc1cccc(Oc2ccccc2)c1)c1ccncc1. The van der Waals surface area contributed by atoms with E-state index in [9.17, 15) is 4.79 Å². The Morgan fingerprint density at radius 3 is 2.56 bits per heavy atom. The molecule has 0 bridgehead atoms. The van der Waals surface area contributed by atoms with Crippen molar-refractivity contribution in [2.45, 2.75) is 13.0 Å². The predicted octanol–water partition coefficient (Wildman–Crippen LogP) is 3.96. The summed E-state index contributed by atoms with van der Waals surface area (Å²) in [7, 11) is 0. The molecule has 0 radical (unpaired) electrons. The standard InChI is InChI=1S/C21H20N4O2/c1-16(17-10-12-22-13-11-17)24-25-21(26)15-23-18-6-5-9-20(14-18)27-19-7-3-2-4-8-19/h2-16,24H,1H3,(H,25,26). The zero-order valence-corrected chi connectivity index (χ0v) is 14.9. The van der Waals surface area contributed by atoms with Crippen LogP contribution in [-0.2, 0) is 4.79 Å². The van der Waals surface area contributed by atoms with E-state index in [4.69, 9.17) is 4.74 Å². The van der Waals surface area contributed by atoms with Crippen LogP contribution in [-0.4, -0.2) is 17.1 Å². The third kappa shape index (κ3) is 5.76. The van der Waals surface area contributed by atoms with E-state index in [0.717, 1.165) is 11.3 Å². The molecule has 0 aliphatic rings. The average molecular weight is 360 g/mol. The molecule has 1 amide bonds. The number of hydrogen-bond acceptors (Lipinski definition) is 5. The van der Waals surface area contributed by atoms with Gasteiger partial charge in [-0.2, -0.15) is 0 Å². The number of hydrogen-bond donors (Lipinski definition) is 2. The second kappa shape index (κ2) is 9.26. The minimum Gasteiger partial charge on any atom is -0.457 e. The van der Waals surface area contributed by atoms with E-state index >= 15 is 0 Å². The number of benzene rings is 2. The number of aliphatic imine (C=N–C) groups is 1. The van der Waals surface area contributed by atoms with Crippen LogP contribution in [0, 0.1) is 0 Å². The molecule has 0 aliphatic heterocycles. The number of pyridine rings is 1. The van der Waals surface area contributed by atoms with Crippen LogP contribution in [0.25, 0.3) is 0 Å². The van der Waals surface area contributed by atoms with Crippen LogP contribution in [0.15, 0.2) is 84.1 Å². The fraction of sp³-hybridized carbons (Fsp3) is 0.0952. The molecule has 0 saturated carbocycles. The van der Waals surface area contributed by atoms with E-state index < -0.39 is 0 Å². The molecule has 6 nitrogen and oxygen atoms in total. The van der Waals surface area contributed by atoms with Crippen LogP contribution < -0.4 is 15.6 Å². The quantitative estimate of drug-likeness (QED) is 0.494. The number of nitrogens with zero attached hydrogens (tertiary/aromatic N) is 2. The van der Waals surface area contributed by atoms with Gasteiger partial charge in [-0.25, -0.2) is 5.43 Å². The maximum atomic E-state index is 12.0. The van der Waals surface area contributed by atoms with E-state index in [1.54, 1.807) is 24.5 Å². The molecule has 1 heterocycles. The highest BCUT2D eigenvalue weighted by molar-refractivity contribution is 6.26. The summed E-state index contributed by atoms with van der Waals surface area (Å²) in [6.07, 6.45) is 4.65. The highest BCUT2D eigenvalue weighted by Gasteiger charge is 2.05. The van der Waals surface area contributed by atoms with Gasteiger partial charge in [0.2, 0.25) is 0 Å². The lowest BCUT2D eigenvalue weighted by atomic mass is 10.1. The second-order valence-corrected chi connectivity index (χ2v) is 5.81. The largest absolute Gasteiger partial charge is 0.457 e. The lowest BCUT2D eigenvalue weighted by molar-refractivity contribution is -0.115. The summed E-state index contributed by atoms with van der Waals surface area (Å²) in [5, 5.41) is 0. The molecule has 27 heavy (non-hydrogen) atoms. The van der Waals surface area contributed by atoms with E-state index in [1.165, 1.54) is 6.21 Å². The molecule has 0 aliphatic carbocycles. The monoisotopic (exact) mass is 360 g/mol. The highest BCUT2D eigenvalue weighted by atomic mass is 16.5. The Hall–Kier alpha value is -3.51. The summed E-state index contributed by atoms with van der Waals surface area (Å²) in [5.41, 5.74) is 7.20. The molecule has 0 spiro atoms. The van der Waals surface area contributed by atoms with Gasteiger partial charge in [0.1, 0.15) is 11.5 Å². The first-order valence-electron chi connectivity index (χ1n) is 8.53. The lowest BCUT2D eigenvalue weighted by Gasteiger charge is -2.13. The Morgan fingerprint density at radius 2 is 1.78 bits per heavy atom. The molecule has 0 fully saturated rings. The predicted molar refractivity (Wildman–Crippen MR) is 105 cm³/mol. The van der Waals surface area contributed by atoms with Crippen molar-refractivity contribution in [3.8, 4) is 11.5 Å². The van der Waals surface area contributed by atoms with Gasteiger partial charge in [-0.05, 0) is 48.9 Å². The molecular weight excluding hydrogens is 340 g/mol. The summed E-state index contributed by atoms with van der Waals surface area (Å²) in [6.45, 7) is 1.94. The smallest absolute Gasteiger partial charge is 0.276 e. The first kappa shape index (κ1) is 18.3. The van der Waals surface area contributed by atoms with Crippen LogP contribution in [0.3, 0.4) is 0 Å². The molecule has 2 aromatic carbocycles. The number of para-hydroxylation sites is 1. The van der Waals surface area contributed by atoms with Gasteiger partial charge in [0.05, 0.1) is 11.9 Å². The Morgan fingerprint density at radius 1 is 1.04 bits per heavy atom. The van der Waals surface area contributed by atoms with Crippen LogP contribution >= 0.6 is 0 Å². The molecular formula is C21H20N4O2. The minimum absolute atomic E-state index is 0.0482. The van der Waals surface area contributed by atoms with Crippen molar-refractivity contribution >= 4 is 17.8 Å². The van der Waals surface area contributed by atoms with Crippen molar-refractivity contribution in [3.05, 3.63) is 84.7 Å². The Kier molecular flexibility index (Phi) is 6.27. The molecule has 3 rings (SSSR count). The molecule has 2 N–H and O–H groups in total. The Balaban J connectivity index is 1.54. The first-order chi connectivity index (χ1) is 13.2. The number of amides is 1. The maximum Gasteiger partial charge on any atom is 0.276 e. The van der Waals surface area contributed by atoms with Crippen molar-refractivity contribution in [2.75, 3.05) is 0 Å². The topological polar surface area (TPSA) is 75.6 Å². The van der Waals surface area contributed by atoms with Gasteiger partial charge in [0, 0.05) is 24.5 Å². The molecule has 1 aromatic heterocycles. The second-order valence-electron chi connectivity index (χ2n) is 5.81. The number of hydrazine groups is 1. The molecule has 3 aromatic rings. The van der Waals surface area contributed by atoms with E-state index in [0.29, 0.717) is 11.4 Å². The summed E-state index contributed by atoms with van der Waals surface area (Å²) >= 11 is 0. The summed E-state index contributed by atoms with van der Waals surface area (Å²) in [4.78, 5) is 20.1. The number of nitrogens with one attached hydrogen (secondary N) is 2. The van der Waals surface area contributed by atoms with Gasteiger partial charge in [0.25, 0.3) is 5.91 Å². The first-order valence-corrected chi connectivity index (χ1v) is 8.53. The van der Waals surface area contributed by atoms with Crippen LogP contribution in [0.5, 0.6) is 11.5 Å². The zero-order chi connectivity index (χ0) is 18.9. The van der Waals surface area contributed by atoms with Gasteiger partial charge in [0.15, 0.2) is 0 Å². The normalized spacial score (nSPS) is 11.9. The van der Waals surface area contributed by atoms with Gasteiger partial charge < -0.3 is 4.74 Å². The van der Waals surface area contributed by atoms with E-state index in [-0.39, 0.29) is 11.9 Å². The highest BCUT2D eigenvalue weighted by Crippen LogP contribution is 2.24. The molecule has 136 valence electrons. The molecule has 6 heteroatoms. The maximum absolute atomic E-state index is 12.0. The summed E-state index contributed by atoms with van der Waals surface area (Å²) in [6, 6.07) is 20.4. The number of carbonyl (C=O) groups is 1. The van der Waals surface area contributed by atoms with Crippen molar-refractivity contribution in [3.63, 3.8) is 0 Å². The number of ether oxygens (including phenoxy) is 1. The van der Waals surface area contributed by atoms with E-state index in [1.807, 2.05) is 61.5 Å². The van der Waals surface area contributed by atoms with Crippen molar-refractivity contribution in [2.24, 2.45) is 4.99 Å². The molecule has 1 unspecified atom stereocenters. The number of carbonyl (C=O) groups excluding carboxylic acids is 1. The lowest BCUT2D eigenvalue weighted by Crippen LogP contribution is -2.39. The van der Waals surface area contributed by atoms with Crippen molar-refractivity contribution in [1.82, 2.24) is 15.8 Å². The third-order valence-electron chi connectivity index (χ3n) is 3.75. The van der Waals surface area contributed by atoms with Crippen molar-refractivity contribution in [1.29, 1.82) is 0 Å². The van der Waals surface area contributed by atoms with Gasteiger partial charge in [-0.3, -0.25) is 20.2 Å². The Bertz CT molecular complexity index is 898. The molecule has 0 saturated heterocycles. The summed E-state index contributed by atoms with van der Waals surface area (Å²) in [5.74, 6) is 1.05. The van der Waals surface area contributed by atoms with Crippen molar-refractivity contribution < 1.29 is 9.53 Å². The fourth-order valence-electron chi connectivity index (χ4n) is 2.33. The fourth-order valence-corrected chi connectivity index (χ4v) is 2.33.